The molecule has 0 aliphatic rings. The van der Waals surface area contributed by atoms with Crippen LogP contribution in [0.5, 0.6) is 0 Å². The first-order valence-electron chi connectivity index (χ1n) is 7.97. The van der Waals surface area contributed by atoms with Crippen molar-refractivity contribution in [3.63, 3.8) is 0 Å². The third-order valence-electron chi connectivity index (χ3n) is 3.59. The Morgan fingerprint density at radius 2 is 1.75 bits per heavy atom. The Balaban J connectivity index is 1.92. The maximum Gasteiger partial charge on any atom is 0.229 e. The van der Waals surface area contributed by atoms with Gasteiger partial charge in [0, 0.05) is 21.9 Å². The molecule has 0 atom stereocenters. The fourth-order valence-electron chi connectivity index (χ4n) is 2.32. The first-order valence-corrected chi connectivity index (χ1v) is 8.76. The van der Waals surface area contributed by atoms with E-state index in [1.54, 1.807) is 0 Å². The van der Waals surface area contributed by atoms with Crippen molar-refractivity contribution in [2.75, 3.05) is 0 Å². The van der Waals surface area contributed by atoms with Crippen LogP contribution in [0.2, 0.25) is 0 Å². The number of rotatable bonds is 5. The van der Waals surface area contributed by atoms with Crippen LogP contribution in [-0.4, -0.2) is 24.9 Å². The molecule has 0 N–H and O–H groups in total. The topological polar surface area (TPSA) is 69.6 Å². The lowest BCUT2D eigenvalue weighted by atomic mass is 10.2. The Labute approximate surface area is 149 Å². The van der Waals surface area contributed by atoms with E-state index >= 15 is 0 Å². The Morgan fingerprint density at radius 1 is 1.04 bits per heavy atom. The molecule has 7 heteroatoms. The van der Waals surface area contributed by atoms with Gasteiger partial charge < -0.3 is 4.52 Å². The first-order chi connectivity index (χ1) is 11.4. The van der Waals surface area contributed by atoms with Crippen LogP contribution in [0, 0.1) is 0 Å². The molecule has 0 spiro atoms. The van der Waals surface area contributed by atoms with Crippen LogP contribution in [0.3, 0.4) is 0 Å². The minimum absolute atomic E-state index is 0.213. The molecule has 24 heavy (non-hydrogen) atoms. The average molecular weight is 390 g/mol. The second-order valence-corrected chi connectivity index (χ2v) is 7.23. The molecule has 3 aromatic rings. The fraction of sp³-hybridized carbons (Fsp3) is 0.412. The average Bonchev–Trinajstić information content (AvgIpc) is 3.16. The van der Waals surface area contributed by atoms with Gasteiger partial charge in [-0.2, -0.15) is 10.1 Å². The van der Waals surface area contributed by atoms with E-state index < -0.39 is 0 Å². The lowest BCUT2D eigenvalue weighted by molar-refractivity contribution is 0.359. The largest absolute Gasteiger partial charge is 0.339 e. The van der Waals surface area contributed by atoms with Crippen molar-refractivity contribution in [2.45, 2.75) is 46.1 Å². The van der Waals surface area contributed by atoms with Crippen LogP contribution in [0.15, 0.2) is 33.3 Å². The molecule has 2 heterocycles. The zero-order chi connectivity index (χ0) is 17.3. The summed E-state index contributed by atoms with van der Waals surface area (Å²) in [6.07, 6.45) is 0. The van der Waals surface area contributed by atoms with Crippen LogP contribution in [0.25, 0.3) is 11.4 Å². The lowest BCUT2D eigenvalue weighted by Gasteiger charge is -2.05. The fourth-order valence-corrected chi connectivity index (χ4v) is 2.58. The number of hydrogen-bond acceptors (Lipinski definition) is 5. The Morgan fingerprint density at radius 3 is 2.33 bits per heavy atom. The van der Waals surface area contributed by atoms with Crippen molar-refractivity contribution in [3.8, 4) is 11.4 Å². The summed E-state index contributed by atoms with van der Waals surface area (Å²) in [6.45, 7) is 8.70. The van der Waals surface area contributed by atoms with Crippen LogP contribution in [-0.2, 0) is 6.54 Å². The van der Waals surface area contributed by atoms with Crippen LogP contribution in [0.4, 0.5) is 0 Å². The summed E-state index contributed by atoms with van der Waals surface area (Å²) in [5.74, 6) is 3.34. The highest BCUT2D eigenvalue weighted by molar-refractivity contribution is 9.10. The number of halogens is 1. The van der Waals surface area contributed by atoms with E-state index in [1.165, 1.54) is 0 Å². The molecule has 6 nitrogen and oxygen atoms in total. The standard InChI is InChI=1S/C17H20BrN5O/c1-10(2)16-20-15(12-5-7-13(18)8-6-12)21-23(16)9-14-19-17(11(3)4)24-22-14/h5-8,10-11H,9H2,1-4H3. The third-order valence-corrected chi connectivity index (χ3v) is 4.12. The van der Waals surface area contributed by atoms with E-state index in [4.69, 9.17) is 9.51 Å². The van der Waals surface area contributed by atoms with Gasteiger partial charge in [0.15, 0.2) is 11.6 Å². The molecular weight excluding hydrogens is 370 g/mol. The molecule has 0 unspecified atom stereocenters. The summed E-state index contributed by atoms with van der Waals surface area (Å²) in [5, 5.41) is 8.70. The van der Waals surface area contributed by atoms with Gasteiger partial charge in [-0.05, 0) is 12.1 Å². The predicted octanol–water partition coefficient (Wildman–Crippen LogP) is 4.39. The number of nitrogens with zero attached hydrogens (tertiary/aromatic N) is 5. The Bertz CT molecular complexity index is 820. The van der Waals surface area contributed by atoms with Gasteiger partial charge in [-0.15, -0.1) is 0 Å². The Kier molecular flexibility index (Phi) is 4.80. The van der Waals surface area contributed by atoms with Gasteiger partial charge in [0.2, 0.25) is 5.89 Å². The molecule has 126 valence electrons. The summed E-state index contributed by atoms with van der Waals surface area (Å²) in [5.41, 5.74) is 0.981. The number of benzene rings is 1. The monoisotopic (exact) mass is 389 g/mol. The maximum atomic E-state index is 5.28. The van der Waals surface area contributed by atoms with Gasteiger partial charge in [-0.1, -0.05) is 60.9 Å². The minimum Gasteiger partial charge on any atom is -0.339 e. The maximum absolute atomic E-state index is 5.28. The Hall–Kier alpha value is -2.02. The molecule has 0 aliphatic heterocycles. The molecule has 0 aliphatic carbocycles. The van der Waals surface area contributed by atoms with Crippen LogP contribution >= 0.6 is 15.9 Å². The van der Waals surface area contributed by atoms with Crippen LogP contribution in [0.1, 0.15) is 57.1 Å². The normalized spacial score (nSPS) is 11.6. The molecule has 0 saturated heterocycles. The summed E-state index contributed by atoms with van der Waals surface area (Å²) in [6, 6.07) is 7.97. The second-order valence-electron chi connectivity index (χ2n) is 6.32. The third kappa shape index (κ3) is 3.56. The highest BCUT2D eigenvalue weighted by Crippen LogP contribution is 2.22. The second kappa shape index (κ2) is 6.84. The summed E-state index contributed by atoms with van der Waals surface area (Å²) < 4.78 is 8.16. The van der Waals surface area contributed by atoms with Gasteiger partial charge in [0.25, 0.3) is 0 Å². The van der Waals surface area contributed by atoms with Gasteiger partial charge >= 0.3 is 0 Å². The van der Waals surface area contributed by atoms with E-state index in [0.29, 0.717) is 24.1 Å². The summed E-state index contributed by atoms with van der Waals surface area (Å²) in [7, 11) is 0. The first kappa shape index (κ1) is 16.8. The molecule has 0 radical (unpaired) electrons. The van der Waals surface area contributed by atoms with Crippen molar-refractivity contribution in [3.05, 3.63) is 46.3 Å². The van der Waals surface area contributed by atoms with Gasteiger partial charge in [-0.3, -0.25) is 0 Å². The van der Waals surface area contributed by atoms with E-state index in [-0.39, 0.29) is 11.8 Å². The minimum atomic E-state index is 0.213. The van der Waals surface area contributed by atoms with Crippen molar-refractivity contribution in [2.24, 2.45) is 0 Å². The zero-order valence-corrected chi connectivity index (χ0v) is 15.8. The quantitative estimate of drug-likeness (QED) is 0.647. The highest BCUT2D eigenvalue weighted by atomic mass is 79.9. The SMILES string of the molecule is CC(C)c1nc(Cn2nc(-c3ccc(Br)cc3)nc2C(C)C)no1. The summed E-state index contributed by atoms with van der Waals surface area (Å²) >= 11 is 3.45. The highest BCUT2D eigenvalue weighted by Gasteiger charge is 2.17. The van der Waals surface area contributed by atoms with E-state index in [1.807, 2.05) is 42.8 Å². The van der Waals surface area contributed by atoms with Gasteiger partial charge in [0.05, 0.1) is 0 Å². The van der Waals surface area contributed by atoms with Gasteiger partial charge in [-0.25, -0.2) is 9.67 Å². The van der Waals surface area contributed by atoms with Crippen molar-refractivity contribution < 1.29 is 4.52 Å². The zero-order valence-electron chi connectivity index (χ0n) is 14.2. The van der Waals surface area contributed by atoms with E-state index in [9.17, 15) is 0 Å². The molecule has 1 aromatic carbocycles. The summed E-state index contributed by atoms with van der Waals surface area (Å²) in [4.78, 5) is 9.12. The molecule has 2 aromatic heterocycles. The molecular formula is C17H20BrN5O. The van der Waals surface area contributed by atoms with Crippen molar-refractivity contribution >= 4 is 15.9 Å². The molecule has 0 bridgehead atoms. The van der Waals surface area contributed by atoms with E-state index in [2.05, 4.69) is 45.0 Å². The lowest BCUT2D eigenvalue weighted by Crippen LogP contribution is -2.09. The van der Waals surface area contributed by atoms with Crippen LogP contribution < -0.4 is 0 Å². The molecule has 3 rings (SSSR count). The predicted molar refractivity (Wildman–Crippen MR) is 94.7 cm³/mol. The molecule has 0 saturated carbocycles. The van der Waals surface area contributed by atoms with E-state index in [0.717, 1.165) is 15.9 Å². The number of aromatic nitrogens is 5. The smallest absolute Gasteiger partial charge is 0.229 e. The van der Waals surface area contributed by atoms with Gasteiger partial charge in [0.1, 0.15) is 12.4 Å². The molecule has 0 amide bonds. The number of hydrogen-bond donors (Lipinski definition) is 0. The van der Waals surface area contributed by atoms with Crippen molar-refractivity contribution in [1.29, 1.82) is 0 Å². The van der Waals surface area contributed by atoms with Crippen molar-refractivity contribution in [1.82, 2.24) is 24.9 Å². The molecule has 0 fully saturated rings.